The summed E-state index contributed by atoms with van der Waals surface area (Å²) in [5, 5.41) is 10.2. The van der Waals surface area contributed by atoms with E-state index in [-0.39, 0.29) is 17.3 Å². The van der Waals surface area contributed by atoms with Gasteiger partial charge in [-0.1, -0.05) is 30.4 Å². The third-order valence-electron chi connectivity index (χ3n) is 4.93. The quantitative estimate of drug-likeness (QED) is 0.419. The van der Waals surface area contributed by atoms with E-state index in [9.17, 15) is 14.4 Å². The topological polar surface area (TPSA) is 109 Å². The number of benzene rings is 1. The molecule has 32 heavy (non-hydrogen) atoms. The lowest BCUT2D eigenvalue weighted by Gasteiger charge is -2.18. The van der Waals surface area contributed by atoms with Crippen LogP contribution in [0, 0.1) is 6.92 Å². The second kappa shape index (κ2) is 10.7. The van der Waals surface area contributed by atoms with Crippen molar-refractivity contribution in [3.05, 3.63) is 69.0 Å². The largest absolute Gasteiger partial charge is 0.502 e. The molecule has 3 N–H and O–H groups in total. The van der Waals surface area contributed by atoms with E-state index >= 15 is 0 Å². The molecule has 3 rings (SSSR count). The van der Waals surface area contributed by atoms with Gasteiger partial charge in [0.05, 0.1) is 12.1 Å². The van der Waals surface area contributed by atoms with Crippen LogP contribution in [0.2, 0.25) is 0 Å². The average molecular weight is 455 g/mol. The molecule has 168 valence electrons. The molecule has 1 aromatic carbocycles. The number of carbonyl (C=O) groups is 3. The zero-order chi connectivity index (χ0) is 23.1. The lowest BCUT2D eigenvalue weighted by Crippen LogP contribution is -2.47. The van der Waals surface area contributed by atoms with Crippen molar-refractivity contribution in [1.82, 2.24) is 20.9 Å². The Morgan fingerprint density at radius 3 is 2.84 bits per heavy atom. The van der Waals surface area contributed by atoms with Crippen LogP contribution in [-0.4, -0.2) is 35.9 Å². The number of aromatic nitrogens is 1. The average Bonchev–Trinajstić information content (AvgIpc) is 3.23. The Labute approximate surface area is 190 Å². The Morgan fingerprint density at radius 1 is 1.31 bits per heavy atom. The van der Waals surface area contributed by atoms with Crippen LogP contribution in [0.25, 0.3) is 6.08 Å². The predicted molar refractivity (Wildman–Crippen MR) is 123 cm³/mol. The Balaban J connectivity index is 1.57. The molecule has 3 amide bonds. The number of methoxy groups -OCH3 is 1. The highest BCUT2D eigenvalue weighted by atomic mass is 32.1. The zero-order valence-corrected chi connectivity index (χ0v) is 19.0. The first-order valence-corrected chi connectivity index (χ1v) is 11.1. The van der Waals surface area contributed by atoms with Gasteiger partial charge in [0.25, 0.3) is 11.8 Å². The zero-order valence-electron chi connectivity index (χ0n) is 18.2. The van der Waals surface area contributed by atoms with Crippen LogP contribution < -0.4 is 16.0 Å². The molecule has 0 saturated heterocycles. The number of allylic oxidation sites excluding steroid dienone is 1. The van der Waals surface area contributed by atoms with Crippen LogP contribution >= 0.6 is 11.3 Å². The Kier molecular flexibility index (Phi) is 7.77. The van der Waals surface area contributed by atoms with Crippen molar-refractivity contribution in [2.24, 2.45) is 0 Å². The molecule has 0 bridgehead atoms. The van der Waals surface area contributed by atoms with Gasteiger partial charge in [-0.25, -0.2) is 4.98 Å². The fourth-order valence-corrected chi connectivity index (χ4v) is 3.87. The number of nitrogens with one attached hydrogen (secondary N) is 3. The van der Waals surface area contributed by atoms with Crippen molar-refractivity contribution in [3.63, 3.8) is 0 Å². The van der Waals surface area contributed by atoms with E-state index in [0.29, 0.717) is 6.54 Å². The summed E-state index contributed by atoms with van der Waals surface area (Å²) >= 11 is 1.33. The highest BCUT2D eigenvalue weighted by Crippen LogP contribution is 2.22. The van der Waals surface area contributed by atoms with Crippen LogP contribution in [0.3, 0.4) is 0 Å². The number of hydrogen-bond acceptors (Lipinski definition) is 6. The van der Waals surface area contributed by atoms with Gasteiger partial charge in [-0.05, 0) is 43.4 Å². The molecule has 1 heterocycles. The van der Waals surface area contributed by atoms with E-state index < -0.39 is 17.9 Å². The summed E-state index contributed by atoms with van der Waals surface area (Å²) in [5.41, 5.74) is 3.51. The molecule has 9 heteroatoms. The van der Waals surface area contributed by atoms with E-state index in [1.165, 1.54) is 24.0 Å². The highest BCUT2D eigenvalue weighted by Gasteiger charge is 2.21. The molecule has 0 radical (unpaired) electrons. The molecule has 1 aliphatic rings. The van der Waals surface area contributed by atoms with Gasteiger partial charge in [-0.2, -0.15) is 0 Å². The van der Waals surface area contributed by atoms with Crippen molar-refractivity contribution in [2.45, 2.75) is 39.3 Å². The molecule has 1 aromatic heterocycles. The van der Waals surface area contributed by atoms with E-state index in [4.69, 9.17) is 4.74 Å². The summed E-state index contributed by atoms with van der Waals surface area (Å²) in [6.45, 7) is 3.71. The van der Waals surface area contributed by atoms with E-state index in [1.54, 1.807) is 19.2 Å². The number of rotatable bonds is 8. The molecule has 0 saturated carbocycles. The third-order valence-corrected chi connectivity index (χ3v) is 5.70. The van der Waals surface area contributed by atoms with Crippen molar-refractivity contribution >= 4 is 35.1 Å². The van der Waals surface area contributed by atoms with Crippen LogP contribution in [0.15, 0.2) is 41.6 Å². The van der Waals surface area contributed by atoms with Crippen molar-refractivity contribution < 1.29 is 19.1 Å². The van der Waals surface area contributed by atoms with Gasteiger partial charge in [0.15, 0.2) is 0 Å². The molecule has 0 unspecified atom stereocenters. The molecule has 0 fully saturated rings. The minimum atomic E-state index is -0.823. The van der Waals surface area contributed by atoms with Gasteiger partial charge in [-0.15, -0.1) is 11.3 Å². The van der Waals surface area contributed by atoms with Crippen molar-refractivity contribution in [2.75, 3.05) is 7.11 Å². The molecule has 0 spiro atoms. The summed E-state index contributed by atoms with van der Waals surface area (Å²) in [4.78, 5) is 41.6. The summed E-state index contributed by atoms with van der Waals surface area (Å²) in [6, 6.07) is 5.24. The Hall–Kier alpha value is -3.46. The normalized spacial score (nSPS) is 13.7. The fraction of sp³-hybridized carbons (Fsp3) is 0.304. The van der Waals surface area contributed by atoms with Crippen LogP contribution in [0.5, 0.6) is 0 Å². The van der Waals surface area contributed by atoms with Gasteiger partial charge in [0.2, 0.25) is 5.91 Å². The minimum absolute atomic E-state index is 0.120. The number of fused-ring (bicyclic) bond motifs is 1. The number of ether oxygens (including phenoxy) is 1. The SMILES string of the molecule is CO/C=C(/NC(=O)c1csc(C)n1)C(=O)N[C@@H](C)C(=O)NCc1cccc2c1C=CCC2. The Bertz CT molecular complexity index is 1070. The van der Waals surface area contributed by atoms with Crippen LogP contribution in [0.4, 0.5) is 0 Å². The van der Waals surface area contributed by atoms with Gasteiger partial charge < -0.3 is 20.7 Å². The Morgan fingerprint density at radius 2 is 2.12 bits per heavy atom. The monoisotopic (exact) mass is 454 g/mol. The molecule has 8 nitrogen and oxygen atoms in total. The summed E-state index contributed by atoms with van der Waals surface area (Å²) in [6.07, 6.45) is 7.32. The molecule has 2 aromatic rings. The number of aryl methyl sites for hydroxylation is 2. The van der Waals surface area contributed by atoms with E-state index in [0.717, 1.165) is 35.2 Å². The lowest BCUT2D eigenvalue weighted by molar-refractivity contribution is -0.127. The van der Waals surface area contributed by atoms with Crippen LogP contribution in [-0.2, 0) is 27.3 Å². The molecular weight excluding hydrogens is 428 g/mol. The minimum Gasteiger partial charge on any atom is -0.502 e. The maximum Gasteiger partial charge on any atom is 0.275 e. The van der Waals surface area contributed by atoms with Gasteiger partial charge in [0.1, 0.15) is 23.7 Å². The van der Waals surface area contributed by atoms with Crippen molar-refractivity contribution in [3.8, 4) is 0 Å². The number of amides is 3. The third kappa shape index (κ3) is 5.82. The second-order valence-corrected chi connectivity index (χ2v) is 8.38. The van der Waals surface area contributed by atoms with E-state index in [1.807, 2.05) is 12.1 Å². The first-order chi connectivity index (χ1) is 15.4. The summed E-state index contributed by atoms with van der Waals surface area (Å²) in [7, 11) is 1.36. The van der Waals surface area contributed by atoms with Gasteiger partial charge in [0, 0.05) is 11.9 Å². The number of nitrogens with zero attached hydrogens (tertiary/aromatic N) is 1. The predicted octanol–water partition coefficient (Wildman–Crippen LogP) is 2.45. The smallest absolute Gasteiger partial charge is 0.275 e. The maximum absolute atomic E-state index is 12.6. The lowest BCUT2D eigenvalue weighted by atomic mass is 9.93. The van der Waals surface area contributed by atoms with E-state index in [2.05, 4.69) is 39.2 Å². The molecular formula is C23H26N4O4S. The number of carbonyl (C=O) groups excluding carboxylic acids is 3. The van der Waals surface area contributed by atoms with Gasteiger partial charge in [-0.3, -0.25) is 14.4 Å². The van der Waals surface area contributed by atoms with Crippen LogP contribution in [0.1, 0.15) is 45.5 Å². The molecule has 1 aliphatic carbocycles. The molecule has 1 atom stereocenters. The summed E-state index contributed by atoms with van der Waals surface area (Å²) < 4.78 is 4.90. The summed E-state index contributed by atoms with van der Waals surface area (Å²) in [5.74, 6) is -1.52. The second-order valence-electron chi connectivity index (χ2n) is 7.32. The highest BCUT2D eigenvalue weighted by molar-refractivity contribution is 7.09. The van der Waals surface area contributed by atoms with Gasteiger partial charge >= 0.3 is 0 Å². The first-order valence-electron chi connectivity index (χ1n) is 10.2. The van der Waals surface area contributed by atoms with Crippen molar-refractivity contribution in [1.29, 1.82) is 0 Å². The maximum atomic E-state index is 12.6. The molecule has 0 aliphatic heterocycles. The standard InChI is InChI=1S/C23H26N4O4S/c1-14(21(28)24-11-17-9-6-8-16-7-4-5-10-18(16)17)25-22(29)19(12-31-3)27-23(30)20-13-32-15(2)26-20/h5-6,8-10,12-14H,4,7,11H2,1-3H3,(H,24,28)(H,25,29)(H,27,30)/b19-12+/t14-/m0/s1. The number of hydrogen-bond donors (Lipinski definition) is 3. The first kappa shape index (κ1) is 23.2. The number of thiazole rings is 1. The fourth-order valence-electron chi connectivity index (χ4n) is 3.28.